The number of phenols is 1. The fourth-order valence-electron chi connectivity index (χ4n) is 4.42. The normalized spacial score (nSPS) is 13.5. The highest BCUT2D eigenvalue weighted by molar-refractivity contribution is 6.34. The minimum atomic E-state index is 0.136. The van der Waals surface area contributed by atoms with Crippen LogP contribution >= 0.6 is 11.6 Å². The molecular formula is C28H30ClN5O2. The highest BCUT2D eigenvalue weighted by Crippen LogP contribution is 2.41. The lowest BCUT2D eigenvalue weighted by Crippen LogP contribution is -2.43. The van der Waals surface area contributed by atoms with E-state index in [4.69, 9.17) is 11.6 Å². The van der Waals surface area contributed by atoms with Crippen molar-refractivity contribution in [1.29, 1.82) is 5.26 Å². The van der Waals surface area contributed by atoms with Gasteiger partial charge in [0.1, 0.15) is 11.8 Å². The zero-order chi connectivity index (χ0) is 25.7. The molecule has 1 aliphatic heterocycles. The Morgan fingerprint density at radius 1 is 1.06 bits per heavy atom. The van der Waals surface area contributed by atoms with Gasteiger partial charge in [-0.05, 0) is 49.5 Å². The zero-order valence-electron chi connectivity index (χ0n) is 20.5. The zero-order valence-corrected chi connectivity index (χ0v) is 21.3. The summed E-state index contributed by atoms with van der Waals surface area (Å²) < 4.78 is 0. The maximum atomic E-state index is 11.7. The lowest BCUT2D eigenvalue weighted by atomic mass is 9.95. The summed E-state index contributed by atoms with van der Waals surface area (Å²) in [6.45, 7) is 4.60. The summed E-state index contributed by atoms with van der Waals surface area (Å²) in [5.74, 6) is 0.136. The molecule has 2 N–H and O–H groups in total. The monoisotopic (exact) mass is 503 g/mol. The Bertz CT molecular complexity index is 1280. The number of para-hydroxylation sites is 1. The van der Waals surface area contributed by atoms with Gasteiger partial charge in [-0.25, -0.2) is 0 Å². The number of likely N-dealkylation sites (N-methyl/N-ethyl adjacent to an activating group) is 1. The number of carbonyl (C=O) groups excluding carboxylic acids is 1. The number of hydrogen-bond donors (Lipinski definition) is 2. The molecule has 0 bridgehead atoms. The van der Waals surface area contributed by atoms with Crippen molar-refractivity contribution in [2.45, 2.75) is 0 Å². The van der Waals surface area contributed by atoms with Crippen LogP contribution < -0.4 is 15.1 Å². The molecule has 8 heteroatoms. The number of piperazine rings is 1. The van der Waals surface area contributed by atoms with E-state index in [2.05, 4.69) is 16.3 Å². The van der Waals surface area contributed by atoms with Crippen LogP contribution in [-0.2, 0) is 4.79 Å². The fraction of sp³-hybridized carbons (Fsp3) is 0.286. The molecule has 1 heterocycles. The molecule has 7 nitrogen and oxygen atoms in total. The van der Waals surface area contributed by atoms with E-state index in [1.54, 1.807) is 17.0 Å². The van der Waals surface area contributed by atoms with Gasteiger partial charge in [0.05, 0.1) is 22.0 Å². The second-order valence-corrected chi connectivity index (χ2v) is 9.46. The summed E-state index contributed by atoms with van der Waals surface area (Å²) >= 11 is 6.58. The first-order valence-electron chi connectivity index (χ1n) is 11.9. The summed E-state index contributed by atoms with van der Waals surface area (Å²) in [6.07, 6.45) is 0.781. The Balaban J connectivity index is 1.68. The number of nitrogens with zero attached hydrogens (tertiary/aromatic N) is 4. The van der Waals surface area contributed by atoms with Crippen molar-refractivity contribution in [1.82, 2.24) is 10.2 Å². The molecule has 0 spiro atoms. The van der Waals surface area contributed by atoms with Gasteiger partial charge in [-0.3, -0.25) is 4.79 Å². The Labute approximate surface area is 217 Å². The molecule has 3 aromatic carbocycles. The van der Waals surface area contributed by atoms with Crippen molar-refractivity contribution in [3.63, 3.8) is 0 Å². The van der Waals surface area contributed by atoms with Crippen LogP contribution in [0, 0.1) is 11.3 Å². The predicted octanol–water partition coefficient (Wildman–Crippen LogP) is 4.19. The summed E-state index contributed by atoms with van der Waals surface area (Å²) in [7, 11) is 3.90. The van der Waals surface area contributed by atoms with E-state index >= 15 is 0 Å². The number of carbonyl (C=O) groups is 1. The van der Waals surface area contributed by atoms with Crippen LogP contribution in [0.3, 0.4) is 0 Å². The van der Waals surface area contributed by atoms with E-state index in [1.165, 1.54) is 0 Å². The first-order valence-corrected chi connectivity index (χ1v) is 12.3. The summed E-state index contributed by atoms with van der Waals surface area (Å²) in [6, 6.07) is 19.0. The average molecular weight is 504 g/mol. The molecule has 186 valence electrons. The molecule has 3 aromatic rings. The summed E-state index contributed by atoms with van der Waals surface area (Å²) in [5.41, 5.74) is 5.01. The Hall–Kier alpha value is -3.57. The van der Waals surface area contributed by atoms with Gasteiger partial charge in [-0.15, -0.1) is 0 Å². The molecule has 36 heavy (non-hydrogen) atoms. The molecule has 0 aromatic heterocycles. The van der Waals surface area contributed by atoms with E-state index in [1.807, 2.05) is 61.5 Å². The van der Waals surface area contributed by atoms with Crippen LogP contribution in [-0.4, -0.2) is 69.8 Å². The SMILES string of the molecule is CN(C)CCN(C=O)c1ccc(-c2cccc(-c3ccc(C#N)c(N4CCNCC4)c3)c2O)cc1Cl. The van der Waals surface area contributed by atoms with Gasteiger partial charge < -0.3 is 25.1 Å². The first kappa shape index (κ1) is 25.5. The smallest absolute Gasteiger partial charge is 0.214 e. The molecule has 4 rings (SSSR count). The summed E-state index contributed by atoms with van der Waals surface area (Å²) in [5, 5.41) is 24.7. The van der Waals surface area contributed by atoms with Gasteiger partial charge >= 0.3 is 0 Å². The minimum Gasteiger partial charge on any atom is -0.507 e. The van der Waals surface area contributed by atoms with Crippen LogP contribution in [0.1, 0.15) is 5.56 Å². The highest BCUT2D eigenvalue weighted by atomic mass is 35.5. The Morgan fingerprint density at radius 2 is 1.72 bits per heavy atom. The van der Waals surface area contributed by atoms with Crippen molar-refractivity contribution < 1.29 is 9.90 Å². The molecule has 1 fully saturated rings. The molecule has 0 radical (unpaired) electrons. The van der Waals surface area contributed by atoms with Crippen LogP contribution in [0.2, 0.25) is 5.02 Å². The third kappa shape index (κ3) is 5.47. The number of nitrogens with one attached hydrogen (secondary N) is 1. The number of rotatable bonds is 8. The Morgan fingerprint density at radius 3 is 2.33 bits per heavy atom. The third-order valence-corrected chi connectivity index (χ3v) is 6.71. The van der Waals surface area contributed by atoms with Crippen LogP contribution in [0.5, 0.6) is 5.75 Å². The van der Waals surface area contributed by atoms with E-state index in [0.717, 1.165) is 49.4 Å². The van der Waals surface area contributed by atoms with Gasteiger partial charge in [0.15, 0.2) is 0 Å². The van der Waals surface area contributed by atoms with Gasteiger partial charge in [0.25, 0.3) is 0 Å². The molecule has 0 unspecified atom stereocenters. The maximum absolute atomic E-state index is 11.7. The number of nitriles is 1. The molecule has 1 aliphatic rings. The van der Waals surface area contributed by atoms with Crippen molar-refractivity contribution in [3.05, 3.63) is 65.2 Å². The van der Waals surface area contributed by atoms with Crippen molar-refractivity contribution >= 4 is 29.4 Å². The van der Waals surface area contributed by atoms with Crippen molar-refractivity contribution in [3.8, 4) is 34.1 Å². The van der Waals surface area contributed by atoms with E-state index < -0.39 is 0 Å². The van der Waals surface area contributed by atoms with E-state index in [-0.39, 0.29) is 5.75 Å². The molecule has 0 aliphatic carbocycles. The van der Waals surface area contributed by atoms with Crippen molar-refractivity contribution in [2.24, 2.45) is 0 Å². The number of phenolic OH excluding ortho intramolecular Hbond substituents is 1. The fourth-order valence-corrected chi connectivity index (χ4v) is 4.70. The minimum absolute atomic E-state index is 0.136. The van der Waals surface area contributed by atoms with Gasteiger partial charge in [-0.2, -0.15) is 5.26 Å². The molecule has 0 saturated carbocycles. The average Bonchev–Trinajstić information content (AvgIpc) is 2.90. The number of aromatic hydroxyl groups is 1. The highest BCUT2D eigenvalue weighted by Gasteiger charge is 2.18. The number of anilines is 2. The largest absolute Gasteiger partial charge is 0.507 e. The van der Waals surface area contributed by atoms with Crippen LogP contribution in [0.25, 0.3) is 22.3 Å². The quantitative estimate of drug-likeness (QED) is 0.449. The standard InChI is InChI=1S/C28H30ClN5O2/c1-32(2)14-15-34(19-35)26-9-8-20(16-25(26)29)23-4-3-5-24(28(23)36)21-6-7-22(18-30)27(17-21)33-12-10-31-11-13-33/h3-9,16-17,19,31,36H,10-15H2,1-2H3. The second-order valence-electron chi connectivity index (χ2n) is 9.05. The second kappa shape index (κ2) is 11.4. The van der Waals surface area contributed by atoms with Crippen LogP contribution in [0.4, 0.5) is 11.4 Å². The maximum Gasteiger partial charge on any atom is 0.214 e. The number of halogens is 1. The number of amides is 1. The van der Waals surface area contributed by atoms with Gasteiger partial charge in [0.2, 0.25) is 6.41 Å². The predicted molar refractivity (Wildman–Crippen MR) is 146 cm³/mol. The van der Waals surface area contributed by atoms with Gasteiger partial charge in [0, 0.05) is 50.4 Å². The van der Waals surface area contributed by atoms with Crippen molar-refractivity contribution in [2.75, 3.05) is 63.2 Å². The molecule has 1 amide bonds. The van der Waals surface area contributed by atoms with E-state index in [9.17, 15) is 15.2 Å². The molecule has 1 saturated heterocycles. The third-order valence-electron chi connectivity index (χ3n) is 6.41. The number of benzene rings is 3. The lowest BCUT2D eigenvalue weighted by molar-refractivity contribution is -0.107. The Kier molecular flexibility index (Phi) is 8.11. The first-order chi connectivity index (χ1) is 17.4. The summed E-state index contributed by atoms with van der Waals surface area (Å²) in [4.78, 5) is 17.4. The van der Waals surface area contributed by atoms with E-state index in [0.29, 0.717) is 40.5 Å². The van der Waals surface area contributed by atoms with Gasteiger partial charge in [-0.1, -0.05) is 41.9 Å². The molecular weight excluding hydrogens is 474 g/mol. The molecule has 0 atom stereocenters. The lowest BCUT2D eigenvalue weighted by Gasteiger charge is -2.30. The topological polar surface area (TPSA) is 82.8 Å². The van der Waals surface area contributed by atoms with Crippen LogP contribution in [0.15, 0.2) is 54.6 Å². The number of hydrogen-bond acceptors (Lipinski definition) is 6.